The molecule has 0 saturated heterocycles. The van der Waals surface area contributed by atoms with Crippen LogP contribution in [0, 0.1) is 0 Å². The molecule has 0 aromatic carbocycles. The van der Waals surface area contributed by atoms with E-state index in [0.29, 0.717) is 0 Å². The zero-order chi connectivity index (χ0) is 10.3. The Morgan fingerprint density at radius 1 is 1.54 bits per heavy atom. The molecule has 0 amide bonds. The Bertz CT molecular complexity index is 218. The van der Waals surface area contributed by atoms with Gasteiger partial charge >= 0.3 is 5.97 Å². The number of hydrogen-bond donors (Lipinski definition) is 2. The summed E-state index contributed by atoms with van der Waals surface area (Å²) in [6.45, 7) is 2.10. The molecule has 0 radical (unpaired) electrons. The molecule has 0 atom stereocenters. The molecule has 3 N–H and O–H groups in total. The Morgan fingerprint density at radius 3 is 2.62 bits per heavy atom. The number of ether oxygens (including phenoxy) is 1. The topological polar surface area (TPSA) is 81.4 Å². The second-order valence-corrected chi connectivity index (χ2v) is 2.62. The summed E-state index contributed by atoms with van der Waals surface area (Å²) in [5, 5.41) is 2.66. The molecule has 6 heteroatoms. The number of ketones is 1. The Hall–Kier alpha value is -1.17. The molecule has 0 aliphatic heterocycles. The molecule has 5 nitrogen and oxygen atoms in total. The van der Waals surface area contributed by atoms with Crippen LogP contribution in [-0.2, 0) is 14.3 Å². The van der Waals surface area contributed by atoms with Crippen LogP contribution in [0.3, 0.4) is 0 Å². The first kappa shape index (κ1) is 11.8. The smallest absolute Gasteiger partial charge is 0.374 e. The van der Waals surface area contributed by atoms with Crippen LogP contribution < -0.4 is 11.1 Å². The largest absolute Gasteiger partial charge is 0.460 e. The van der Waals surface area contributed by atoms with Crippen LogP contribution in [0.4, 0.5) is 0 Å². The molecule has 0 aliphatic rings. The summed E-state index contributed by atoms with van der Waals surface area (Å²) in [7, 11) is 0. The number of nitrogens with one attached hydrogen (secondary N) is 1. The van der Waals surface area contributed by atoms with Crippen LogP contribution in [0.2, 0.25) is 0 Å². The SMILES string of the molecule is CCOC(=O)C(=O)CCNC(N)=S. The van der Waals surface area contributed by atoms with Gasteiger partial charge in [-0.2, -0.15) is 0 Å². The van der Waals surface area contributed by atoms with Crippen molar-refractivity contribution in [3.05, 3.63) is 0 Å². The molecule has 0 spiro atoms. The van der Waals surface area contributed by atoms with E-state index in [1.165, 1.54) is 0 Å². The number of rotatable bonds is 5. The summed E-state index contributed by atoms with van der Waals surface area (Å²) in [5.74, 6) is -1.39. The molecule has 0 heterocycles. The number of carbonyl (C=O) groups is 2. The van der Waals surface area contributed by atoms with Gasteiger partial charge in [0, 0.05) is 13.0 Å². The number of carbonyl (C=O) groups excluding carboxylic acids is 2. The Kier molecular flexibility index (Phi) is 5.79. The lowest BCUT2D eigenvalue weighted by atomic mass is 10.3. The molecule has 0 bridgehead atoms. The molecular weight excluding hydrogens is 192 g/mol. The van der Waals surface area contributed by atoms with Gasteiger partial charge in [-0.1, -0.05) is 0 Å². The molecule has 0 saturated carbocycles. The van der Waals surface area contributed by atoms with E-state index in [4.69, 9.17) is 5.73 Å². The minimum Gasteiger partial charge on any atom is -0.460 e. The molecule has 0 aromatic heterocycles. The lowest BCUT2D eigenvalue weighted by Crippen LogP contribution is -2.32. The molecule has 0 rings (SSSR count). The third-order valence-corrected chi connectivity index (χ3v) is 1.30. The highest BCUT2D eigenvalue weighted by atomic mass is 32.1. The van der Waals surface area contributed by atoms with Gasteiger partial charge in [0.15, 0.2) is 5.11 Å². The monoisotopic (exact) mass is 204 g/mol. The minimum atomic E-state index is -0.813. The van der Waals surface area contributed by atoms with Gasteiger partial charge in [-0.3, -0.25) is 4.79 Å². The van der Waals surface area contributed by atoms with Gasteiger partial charge in [-0.15, -0.1) is 0 Å². The summed E-state index contributed by atoms with van der Waals surface area (Å²) in [6, 6.07) is 0. The number of nitrogens with two attached hydrogens (primary N) is 1. The summed E-state index contributed by atoms with van der Waals surface area (Å²) >= 11 is 4.50. The minimum absolute atomic E-state index is 0.0379. The van der Waals surface area contributed by atoms with Crippen molar-refractivity contribution < 1.29 is 14.3 Å². The van der Waals surface area contributed by atoms with E-state index in [2.05, 4.69) is 22.3 Å². The molecule has 13 heavy (non-hydrogen) atoms. The average Bonchev–Trinajstić information content (AvgIpc) is 2.04. The lowest BCUT2D eigenvalue weighted by Gasteiger charge is -2.02. The van der Waals surface area contributed by atoms with Crippen molar-refractivity contribution in [2.24, 2.45) is 5.73 Å². The van der Waals surface area contributed by atoms with Crippen molar-refractivity contribution in [3.8, 4) is 0 Å². The molecule has 0 aliphatic carbocycles. The van der Waals surface area contributed by atoms with E-state index in [0.717, 1.165) is 0 Å². The van der Waals surface area contributed by atoms with Gasteiger partial charge < -0.3 is 15.8 Å². The van der Waals surface area contributed by atoms with E-state index in [9.17, 15) is 9.59 Å². The maximum atomic E-state index is 10.9. The van der Waals surface area contributed by atoms with Crippen LogP contribution in [0.5, 0.6) is 0 Å². The first-order chi connectivity index (χ1) is 6.07. The fourth-order valence-electron chi connectivity index (χ4n) is 0.613. The van der Waals surface area contributed by atoms with E-state index in [1.807, 2.05) is 0 Å². The van der Waals surface area contributed by atoms with Gasteiger partial charge in [-0.05, 0) is 19.1 Å². The maximum absolute atomic E-state index is 10.9. The molecular formula is C7H12N2O3S. The normalized spacial score (nSPS) is 9.00. The number of esters is 1. The zero-order valence-electron chi connectivity index (χ0n) is 7.33. The fourth-order valence-corrected chi connectivity index (χ4v) is 0.715. The number of thiocarbonyl (C=S) groups is 1. The van der Waals surface area contributed by atoms with Crippen LogP contribution in [-0.4, -0.2) is 30.0 Å². The van der Waals surface area contributed by atoms with Crippen LogP contribution in [0.1, 0.15) is 13.3 Å². The Labute approximate surface area is 81.6 Å². The van der Waals surface area contributed by atoms with E-state index >= 15 is 0 Å². The summed E-state index contributed by atoms with van der Waals surface area (Å²) in [6.07, 6.45) is 0.0379. The maximum Gasteiger partial charge on any atom is 0.374 e. The van der Waals surface area contributed by atoms with Crippen molar-refractivity contribution in [1.29, 1.82) is 0 Å². The predicted octanol–water partition coefficient (Wildman–Crippen LogP) is -0.658. The van der Waals surface area contributed by atoms with E-state index < -0.39 is 11.8 Å². The predicted molar refractivity (Wildman–Crippen MR) is 51.0 cm³/mol. The van der Waals surface area contributed by atoms with Crippen molar-refractivity contribution >= 4 is 29.1 Å². The quantitative estimate of drug-likeness (QED) is 0.351. The fraction of sp³-hybridized carbons (Fsp3) is 0.571. The van der Waals surface area contributed by atoms with Crippen molar-refractivity contribution in [2.45, 2.75) is 13.3 Å². The Morgan fingerprint density at radius 2 is 2.15 bits per heavy atom. The molecule has 0 fully saturated rings. The van der Waals surface area contributed by atoms with Gasteiger partial charge in [0.25, 0.3) is 0 Å². The highest BCUT2D eigenvalue weighted by Gasteiger charge is 2.13. The van der Waals surface area contributed by atoms with Gasteiger partial charge in [-0.25, -0.2) is 4.79 Å². The van der Waals surface area contributed by atoms with Crippen LogP contribution in [0.25, 0.3) is 0 Å². The van der Waals surface area contributed by atoms with Gasteiger partial charge in [0.2, 0.25) is 5.78 Å². The average molecular weight is 204 g/mol. The molecule has 0 unspecified atom stereocenters. The third kappa shape index (κ3) is 6.03. The first-order valence-electron chi connectivity index (χ1n) is 3.81. The van der Waals surface area contributed by atoms with Gasteiger partial charge in [0.1, 0.15) is 0 Å². The van der Waals surface area contributed by atoms with Crippen molar-refractivity contribution in [3.63, 3.8) is 0 Å². The lowest BCUT2D eigenvalue weighted by molar-refractivity contribution is -0.153. The summed E-state index contributed by atoms with van der Waals surface area (Å²) < 4.78 is 4.48. The second-order valence-electron chi connectivity index (χ2n) is 2.18. The summed E-state index contributed by atoms with van der Waals surface area (Å²) in [4.78, 5) is 21.7. The Balaban J connectivity index is 3.62. The highest BCUT2D eigenvalue weighted by molar-refractivity contribution is 7.80. The first-order valence-corrected chi connectivity index (χ1v) is 4.22. The van der Waals surface area contributed by atoms with E-state index in [1.54, 1.807) is 6.92 Å². The van der Waals surface area contributed by atoms with Gasteiger partial charge in [0.05, 0.1) is 6.61 Å². The molecule has 74 valence electrons. The zero-order valence-corrected chi connectivity index (χ0v) is 8.15. The number of Topliss-reactive ketones (excluding diaryl/α,β-unsaturated/α-hetero) is 1. The standard InChI is InChI=1S/C7H12N2O3S/c1-2-12-6(11)5(10)3-4-9-7(8)13/h2-4H2,1H3,(H3,8,9,13). The van der Waals surface area contributed by atoms with Crippen molar-refractivity contribution in [1.82, 2.24) is 5.32 Å². The molecule has 0 aromatic rings. The third-order valence-electron chi connectivity index (χ3n) is 1.15. The van der Waals surface area contributed by atoms with Crippen LogP contribution >= 0.6 is 12.2 Å². The second kappa shape index (κ2) is 6.36. The number of hydrogen-bond acceptors (Lipinski definition) is 4. The highest BCUT2D eigenvalue weighted by Crippen LogP contribution is 1.86. The van der Waals surface area contributed by atoms with Crippen LogP contribution in [0.15, 0.2) is 0 Å². The summed E-state index contributed by atoms with van der Waals surface area (Å²) in [5.41, 5.74) is 5.11. The van der Waals surface area contributed by atoms with Crippen molar-refractivity contribution in [2.75, 3.05) is 13.2 Å². The van der Waals surface area contributed by atoms with E-state index in [-0.39, 0.29) is 24.7 Å².